The first-order chi connectivity index (χ1) is 12.8. The van der Waals surface area contributed by atoms with Crippen molar-refractivity contribution in [1.82, 2.24) is 10.2 Å². The summed E-state index contributed by atoms with van der Waals surface area (Å²) >= 11 is 0. The Kier molecular flexibility index (Phi) is 4.45. The van der Waals surface area contributed by atoms with Gasteiger partial charge in [0.2, 0.25) is 0 Å². The van der Waals surface area contributed by atoms with Gasteiger partial charge in [-0.1, -0.05) is 25.3 Å². The Morgan fingerprint density at radius 1 is 1.23 bits per heavy atom. The molecule has 2 aromatic rings. The number of aromatic nitrogens is 2. The summed E-state index contributed by atoms with van der Waals surface area (Å²) in [5.41, 5.74) is 10.9. The van der Waals surface area contributed by atoms with Crippen LogP contribution in [0.4, 0.5) is 10.1 Å². The molecule has 3 N–H and O–H groups in total. The molecule has 1 saturated carbocycles. The topological polar surface area (TPSA) is 67.1 Å². The van der Waals surface area contributed by atoms with Crippen LogP contribution in [0, 0.1) is 0 Å². The number of nitrogens with one attached hydrogen (secondary N) is 1. The number of benzene rings is 1. The molecule has 0 saturated heterocycles. The van der Waals surface area contributed by atoms with Crippen LogP contribution in [0.3, 0.4) is 0 Å². The lowest BCUT2D eigenvalue weighted by Crippen LogP contribution is -2.34. The van der Waals surface area contributed by atoms with Crippen molar-refractivity contribution in [2.45, 2.75) is 43.9 Å². The lowest BCUT2D eigenvalue weighted by atomic mass is 9.63. The van der Waals surface area contributed by atoms with Crippen LogP contribution in [0.5, 0.6) is 0 Å². The largest absolute Gasteiger partial charge is 0.405 e. The molecule has 0 radical (unpaired) electrons. The van der Waals surface area contributed by atoms with Crippen LogP contribution in [0.1, 0.15) is 44.1 Å². The molecule has 0 atom stereocenters. The number of H-pyrrole nitrogens is 1. The van der Waals surface area contributed by atoms with Gasteiger partial charge in [-0.15, -0.1) is 0 Å². The van der Waals surface area contributed by atoms with Crippen LogP contribution in [-0.2, 0) is 5.41 Å². The van der Waals surface area contributed by atoms with Gasteiger partial charge in [0.1, 0.15) is 0 Å². The molecule has 2 heterocycles. The summed E-state index contributed by atoms with van der Waals surface area (Å²) in [4.78, 5) is 4.94. The highest BCUT2D eigenvalue weighted by molar-refractivity contribution is 6.07. The van der Waals surface area contributed by atoms with Gasteiger partial charge < -0.3 is 5.73 Å². The second-order valence-corrected chi connectivity index (χ2v) is 7.17. The van der Waals surface area contributed by atoms with Crippen LogP contribution in [0.2, 0.25) is 0 Å². The number of hydrogen-bond donors (Lipinski definition) is 2. The summed E-state index contributed by atoms with van der Waals surface area (Å²) < 4.78 is 12.6. The number of aliphatic imine (C=N–C) groups is 1. The van der Waals surface area contributed by atoms with Crippen molar-refractivity contribution >= 4 is 22.3 Å². The van der Waals surface area contributed by atoms with Crippen LogP contribution in [0.15, 0.2) is 59.7 Å². The Hall–Kier alpha value is -2.69. The van der Waals surface area contributed by atoms with Crippen molar-refractivity contribution in [2.24, 2.45) is 10.7 Å². The van der Waals surface area contributed by atoms with E-state index in [4.69, 9.17) is 10.7 Å². The smallest absolute Gasteiger partial charge is 0.0867 e. The lowest BCUT2D eigenvalue weighted by Gasteiger charge is -2.42. The molecular formula is C21H23FN4. The summed E-state index contributed by atoms with van der Waals surface area (Å²) in [6.45, 7) is 0. The zero-order valence-electron chi connectivity index (χ0n) is 14.7. The SMILES string of the molecule is N/C=C/C(=C\C=C\F)C1=Nc2ccc3[nH]ncc3c2C2(CCCCC2)C1. The fourth-order valence-corrected chi connectivity index (χ4v) is 4.56. The fraction of sp³-hybridized carbons (Fsp3) is 0.333. The monoisotopic (exact) mass is 350 g/mol. The fourth-order valence-electron chi connectivity index (χ4n) is 4.56. The van der Waals surface area contributed by atoms with E-state index >= 15 is 0 Å². The van der Waals surface area contributed by atoms with E-state index in [0.717, 1.165) is 41.8 Å². The van der Waals surface area contributed by atoms with Gasteiger partial charge in [-0.3, -0.25) is 10.1 Å². The van der Waals surface area contributed by atoms with Gasteiger partial charge in [-0.05, 0) is 54.5 Å². The molecular weight excluding hydrogens is 327 g/mol. The van der Waals surface area contributed by atoms with Crippen LogP contribution >= 0.6 is 0 Å². The Morgan fingerprint density at radius 2 is 2.08 bits per heavy atom. The van der Waals surface area contributed by atoms with Gasteiger partial charge in [-0.2, -0.15) is 5.10 Å². The van der Waals surface area contributed by atoms with Gasteiger partial charge in [-0.25, -0.2) is 4.39 Å². The lowest BCUT2D eigenvalue weighted by molar-refractivity contribution is 0.302. The van der Waals surface area contributed by atoms with Crippen molar-refractivity contribution < 1.29 is 4.39 Å². The number of allylic oxidation sites excluding steroid dienone is 4. The van der Waals surface area contributed by atoms with E-state index in [0.29, 0.717) is 6.33 Å². The normalized spacial score (nSPS) is 20.2. The van der Waals surface area contributed by atoms with Gasteiger partial charge in [0.25, 0.3) is 0 Å². The van der Waals surface area contributed by atoms with Crippen molar-refractivity contribution in [2.75, 3.05) is 0 Å². The molecule has 26 heavy (non-hydrogen) atoms. The first-order valence-corrected chi connectivity index (χ1v) is 9.17. The maximum atomic E-state index is 12.6. The van der Waals surface area contributed by atoms with Gasteiger partial charge in [0, 0.05) is 22.9 Å². The molecule has 1 spiro atoms. The van der Waals surface area contributed by atoms with E-state index in [-0.39, 0.29) is 5.41 Å². The zero-order chi connectivity index (χ0) is 18.0. The number of rotatable bonds is 3. The third-order valence-corrected chi connectivity index (χ3v) is 5.66. The summed E-state index contributed by atoms with van der Waals surface area (Å²) in [5, 5.41) is 8.51. The molecule has 1 aliphatic carbocycles. The highest BCUT2D eigenvalue weighted by atomic mass is 19.1. The molecule has 2 aliphatic rings. The summed E-state index contributed by atoms with van der Waals surface area (Å²) in [5.74, 6) is 0. The molecule has 1 aliphatic heterocycles. The number of halogens is 1. The Bertz CT molecular complexity index is 927. The molecule has 1 aromatic heterocycles. The van der Waals surface area contributed by atoms with Crippen LogP contribution in [0.25, 0.3) is 10.9 Å². The second kappa shape index (κ2) is 6.90. The van der Waals surface area contributed by atoms with Gasteiger partial charge in [0.05, 0.1) is 23.7 Å². The second-order valence-electron chi connectivity index (χ2n) is 7.17. The van der Waals surface area contributed by atoms with Crippen LogP contribution in [-0.4, -0.2) is 15.9 Å². The van der Waals surface area contributed by atoms with Crippen molar-refractivity contribution in [3.8, 4) is 0 Å². The number of fused-ring (bicyclic) bond motifs is 4. The minimum atomic E-state index is 0.0645. The van der Waals surface area contributed by atoms with E-state index in [1.807, 2.05) is 12.3 Å². The van der Waals surface area contributed by atoms with Gasteiger partial charge >= 0.3 is 0 Å². The third kappa shape index (κ3) is 2.77. The summed E-state index contributed by atoms with van der Waals surface area (Å²) in [6.07, 6.45) is 15.7. The van der Waals surface area contributed by atoms with Gasteiger partial charge in [0.15, 0.2) is 0 Å². The molecule has 1 fully saturated rings. The summed E-state index contributed by atoms with van der Waals surface area (Å²) in [6, 6.07) is 4.11. The van der Waals surface area contributed by atoms with E-state index < -0.39 is 0 Å². The molecule has 0 unspecified atom stereocenters. The third-order valence-electron chi connectivity index (χ3n) is 5.66. The standard InChI is InChI=1S/C21H23FN4/c22-11-4-5-15(8-12-23)19-13-21(9-2-1-3-10-21)20-16-14-24-26-17(16)6-7-18(20)25-19/h4-8,11-12,14H,1-3,9-10,13,23H2,(H,24,26)/b11-4+,12-8+,15-5+. The van der Waals surface area contributed by atoms with E-state index in [2.05, 4.69) is 16.3 Å². The molecule has 5 heteroatoms. The van der Waals surface area contributed by atoms with E-state index in [1.54, 1.807) is 12.2 Å². The first-order valence-electron chi connectivity index (χ1n) is 9.17. The Morgan fingerprint density at radius 3 is 2.85 bits per heavy atom. The van der Waals surface area contributed by atoms with Crippen molar-refractivity contribution in [1.29, 1.82) is 0 Å². The zero-order valence-corrected chi connectivity index (χ0v) is 14.7. The molecule has 1 aromatic carbocycles. The molecule has 134 valence electrons. The quantitative estimate of drug-likeness (QED) is 0.754. The van der Waals surface area contributed by atoms with Crippen molar-refractivity contribution in [3.05, 3.63) is 60.2 Å². The highest BCUT2D eigenvalue weighted by Gasteiger charge is 2.41. The predicted molar refractivity (Wildman–Crippen MR) is 104 cm³/mol. The van der Waals surface area contributed by atoms with E-state index in [1.165, 1.54) is 42.5 Å². The average molecular weight is 350 g/mol. The first kappa shape index (κ1) is 16.8. The molecule has 4 rings (SSSR count). The molecule has 4 nitrogen and oxygen atoms in total. The molecule has 0 amide bonds. The molecule has 0 bridgehead atoms. The minimum absolute atomic E-state index is 0.0645. The maximum Gasteiger partial charge on any atom is 0.0867 e. The Balaban J connectivity index is 1.92. The number of aromatic amines is 1. The van der Waals surface area contributed by atoms with E-state index in [9.17, 15) is 4.39 Å². The number of nitrogens with two attached hydrogens (primary N) is 1. The Labute approximate surface area is 152 Å². The summed E-state index contributed by atoms with van der Waals surface area (Å²) in [7, 11) is 0. The van der Waals surface area contributed by atoms with Crippen LogP contribution < -0.4 is 5.73 Å². The highest BCUT2D eigenvalue weighted by Crippen LogP contribution is 2.51. The predicted octanol–water partition coefficient (Wildman–Crippen LogP) is 5.12. The number of hydrogen-bond acceptors (Lipinski definition) is 3. The van der Waals surface area contributed by atoms with Crippen molar-refractivity contribution in [3.63, 3.8) is 0 Å². The minimum Gasteiger partial charge on any atom is -0.405 e. The number of nitrogens with zero attached hydrogens (tertiary/aromatic N) is 2. The maximum absolute atomic E-state index is 12.6. The average Bonchev–Trinajstić information content (AvgIpc) is 3.14.